The Kier molecular flexibility index (Phi) is 5.00. The Bertz CT molecular complexity index is 518. The molecule has 0 bridgehead atoms. The molecule has 2 rings (SSSR count). The summed E-state index contributed by atoms with van der Waals surface area (Å²) in [7, 11) is 1.76. The van der Waals surface area contributed by atoms with E-state index in [1.807, 2.05) is 0 Å². The van der Waals surface area contributed by atoms with Crippen molar-refractivity contribution in [2.45, 2.75) is 20.4 Å². The molecule has 0 unspecified atom stereocenters. The minimum atomic E-state index is 0.805. The third-order valence-electron chi connectivity index (χ3n) is 3.65. The Morgan fingerprint density at radius 1 is 1.21 bits per heavy atom. The number of hydrogen-bond donors (Lipinski definition) is 0. The van der Waals surface area contributed by atoms with Crippen molar-refractivity contribution >= 4 is 10.9 Å². The first-order valence-corrected chi connectivity index (χ1v) is 7.01. The summed E-state index contributed by atoms with van der Waals surface area (Å²) in [5.41, 5.74) is 2.65. The summed E-state index contributed by atoms with van der Waals surface area (Å²) in [6.07, 6.45) is 2.19. The fourth-order valence-corrected chi connectivity index (χ4v) is 2.39. The summed E-state index contributed by atoms with van der Waals surface area (Å²) < 4.78 is 7.49. The summed E-state index contributed by atoms with van der Waals surface area (Å²) in [5, 5.41) is 1.32. The molecular formula is C16H24N2O. The van der Waals surface area contributed by atoms with Gasteiger partial charge in [-0.3, -0.25) is 4.90 Å². The average Bonchev–Trinajstić information content (AvgIpc) is 2.81. The lowest BCUT2D eigenvalue weighted by Gasteiger charge is -2.20. The van der Waals surface area contributed by atoms with Crippen molar-refractivity contribution in [2.24, 2.45) is 0 Å². The molecule has 2 aromatic rings. The van der Waals surface area contributed by atoms with Crippen molar-refractivity contribution in [1.29, 1.82) is 0 Å². The van der Waals surface area contributed by atoms with Gasteiger partial charge >= 0.3 is 0 Å². The second-order valence-electron chi connectivity index (χ2n) is 5.00. The van der Waals surface area contributed by atoms with Gasteiger partial charge < -0.3 is 9.30 Å². The van der Waals surface area contributed by atoms with Crippen LogP contribution in [0.25, 0.3) is 10.9 Å². The number of likely N-dealkylation sites (N-methyl/N-ethyl adjacent to an activating group) is 1. The molecule has 104 valence electrons. The highest BCUT2D eigenvalue weighted by Gasteiger charge is 2.05. The number of methoxy groups -OCH3 is 1. The summed E-state index contributed by atoms with van der Waals surface area (Å²) in [6, 6.07) is 8.83. The fraction of sp³-hybridized carbons (Fsp3) is 0.500. The molecule has 0 fully saturated rings. The maximum atomic E-state index is 5.15. The van der Waals surface area contributed by atoms with Crippen LogP contribution in [0.1, 0.15) is 12.5 Å². The summed E-state index contributed by atoms with van der Waals surface area (Å²) in [5.74, 6) is 0. The minimum absolute atomic E-state index is 0.805. The zero-order valence-electron chi connectivity index (χ0n) is 12.2. The van der Waals surface area contributed by atoms with Gasteiger partial charge in [-0.05, 0) is 36.6 Å². The summed E-state index contributed by atoms with van der Waals surface area (Å²) >= 11 is 0. The highest BCUT2D eigenvalue weighted by molar-refractivity contribution is 5.80. The zero-order valence-corrected chi connectivity index (χ0v) is 12.2. The number of hydrogen-bond acceptors (Lipinski definition) is 2. The highest BCUT2D eigenvalue weighted by Crippen LogP contribution is 2.17. The lowest BCUT2D eigenvalue weighted by Crippen LogP contribution is -2.30. The Labute approximate surface area is 115 Å². The van der Waals surface area contributed by atoms with Gasteiger partial charge in [0.05, 0.1) is 6.61 Å². The van der Waals surface area contributed by atoms with Gasteiger partial charge in [0.1, 0.15) is 0 Å². The van der Waals surface area contributed by atoms with Crippen LogP contribution in [0.3, 0.4) is 0 Å². The van der Waals surface area contributed by atoms with Crippen molar-refractivity contribution in [3.63, 3.8) is 0 Å². The molecule has 0 saturated carbocycles. The van der Waals surface area contributed by atoms with Gasteiger partial charge in [0, 0.05) is 38.5 Å². The molecule has 1 aromatic heterocycles. The number of rotatable bonds is 7. The number of benzene rings is 1. The van der Waals surface area contributed by atoms with E-state index in [4.69, 9.17) is 4.74 Å². The van der Waals surface area contributed by atoms with E-state index in [1.165, 1.54) is 16.5 Å². The average molecular weight is 260 g/mol. The lowest BCUT2D eigenvalue weighted by atomic mass is 10.2. The van der Waals surface area contributed by atoms with E-state index in [0.29, 0.717) is 0 Å². The number of ether oxygens (including phenoxy) is 1. The third kappa shape index (κ3) is 3.58. The Morgan fingerprint density at radius 3 is 2.79 bits per heavy atom. The normalized spacial score (nSPS) is 11.6. The van der Waals surface area contributed by atoms with Crippen LogP contribution in [-0.4, -0.2) is 42.8 Å². The molecule has 0 radical (unpaired) electrons. The number of aromatic nitrogens is 1. The van der Waals surface area contributed by atoms with Crippen molar-refractivity contribution in [1.82, 2.24) is 9.47 Å². The van der Waals surface area contributed by atoms with Crippen molar-refractivity contribution in [2.75, 3.05) is 33.4 Å². The van der Waals surface area contributed by atoms with E-state index >= 15 is 0 Å². The van der Waals surface area contributed by atoms with E-state index < -0.39 is 0 Å². The van der Waals surface area contributed by atoms with Gasteiger partial charge in [-0.25, -0.2) is 0 Å². The lowest BCUT2D eigenvalue weighted by molar-refractivity contribution is 0.149. The van der Waals surface area contributed by atoms with Gasteiger partial charge in [-0.1, -0.05) is 19.1 Å². The largest absolute Gasteiger partial charge is 0.383 e. The van der Waals surface area contributed by atoms with Gasteiger partial charge in [-0.15, -0.1) is 0 Å². The molecular weight excluding hydrogens is 236 g/mol. The fourth-order valence-electron chi connectivity index (χ4n) is 2.39. The summed E-state index contributed by atoms with van der Waals surface area (Å²) in [4.78, 5) is 2.42. The standard InChI is InChI=1S/C16H24N2O/c1-4-17(11-12-19-3)9-10-18-8-7-15-6-5-14(2)13-16(15)18/h5-8,13H,4,9-12H2,1-3H3. The molecule has 0 N–H and O–H groups in total. The quantitative estimate of drug-likeness (QED) is 0.761. The zero-order chi connectivity index (χ0) is 13.7. The van der Waals surface area contributed by atoms with Gasteiger partial charge in [0.15, 0.2) is 0 Å². The molecule has 0 atom stereocenters. The topological polar surface area (TPSA) is 17.4 Å². The highest BCUT2D eigenvalue weighted by atomic mass is 16.5. The van der Waals surface area contributed by atoms with Crippen LogP contribution in [0.5, 0.6) is 0 Å². The first kappa shape index (κ1) is 14.1. The predicted molar refractivity (Wildman–Crippen MR) is 80.7 cm³/mol. The third-order valence-corrected chi connectivity index (χ3v) is 3.65. The monoisotopic (exact) mass is 260 g/mol. The Balaban J connectivity index is 2.02. The van der Waals surface area contributed by atoms with Crippen LogP contribution in [0.15, 0.2) is 30.5 Å². The molecule has 0 amide bonds. The van der Waals surface area contributed by atoms with Crippen LogP contribution >= 0.6 is 0 Å². The molecule has 3 nitrogen and oxygen atoms in total. The molecule has 3 heteroatoms. The first-order valence-electron chi connectivity index (χ1n) is 7.01. The van der Waals surface area contributed by atoms with E-state index in [-0.39, 0.29) is 0 Å². The van der Waals surface area contributed by atoms with E-state index in [1.54, 1.807) is 7.11 Å². The second-order valence-corrected chi connectivity index (χ2v) is 5.00. The molecule has 0 saturated heterocycles. The maximum absolute atomic E-state index is 5.15. The Hall–Kier alpha value is -1.32. The van der Waals surface area contributed by atoms with E-state index in [0.717, 1.165) is 32.8 Å². The SMILES string of the molecule is CCN(CCOC)CCn1ccc2ccc(C)cc21. The van der Waals surface area contributed by atoms with Crippen molar-refractivity contribution in [3.8, 4) is 0 Å². The molecule has 0 aliphatic rings. The number of fused-ring (bicyclic) bond motifs is 1. The molecule has 1 heterocycles. The van der Waals surface area contributed by atoms with E-state index in [2.05, 4.69) is 53.8 Å². The maximum Gasteiger partial charge on any atom is 0.0589 e. The molecule has 19 heavy (non-hydrogen) atoms. The van der Waals surface area contributed by atoms with Crippen molar-refractivity contribution in [3.05, 3.63) is 36.0 Å². The van der Waals surface area contributed by atoms with Crippen LogP contribution < -0.4 is 0 Å². The van der Waals surface area contributed by atoms with Gasteiger partial charge in [0.2, 0.25) is 0 Å². The molecule has 0 aliphatic heterocycles. The van der Waals surface area contributed by atoms with Gasteiger partial charge in [0.25, 0.3) is 0 Å². The summed E-state index contributed by atoms with van der Waals surface area (Å²) in [6.45, 7) is 9.33. The predicted octanol–water partition coefficient (Wildman–Crippen LogP) is 2.92. The van der Waals surface area contributed by atoms with Crippen molar-refractivity contribution < 1.29 is 4.74 Å². The molecule has 0 aliphatic carbocycles. The van der Waals surface area contributed by atoms with Crippen LogP contribution in [0.4, 0.5) is 0 Å². The first-order chi connectivity index (χ1) is 9.24. The molecule has 1 aromatic carbocycles. The number of nitrogens with zero attached hydrogens (tertiary/aromatic N) is 2. The molecule has 0 spiro atoms. The smallest absolute Gasteiger partial charge is 0.0589 e. The van der Waals surface area contributed by atoms with Gasteiger partial charge in [-0.2, -0.15) is 0 Å². The second kappa shape index (κ2) is 6.73. The van der Waals surface area contributed by atoms with Crippen LogP contribution in [0, 0.1) is 6.92 Å². The van der Waals surface area contributed by atoms with E-state index in [9.17, 15) is 0 Å². The number of aryl methyl sites for hydroxylation is 1. The minimum Gasteiger partial charge on any atom is -0.383 e. The van der Waals surface area contributed by atoms with Crippen LogP contribution in [0.2, 0.25) is 0 Å². The van der Waals surface area contributed by atoms with Crippen LogP contribution in [-0.2, 0) is 11.3 Å². The Morgan fingerprint density at radius 2 is 2.05 bits per heavy atom.